The van der Waals surface area contributed by atoms with E-state index in [2.05, 4.69) is 189 Å². The van der Waals surface area contributed by atoms with Gasteiger partial charge in [-0.2, -0.15) is 0 Å². The van der Waals surface area contributed by atoms with Crippen LogP contribution in [0.15, 0.2) is 175 Å². The van der Waals surface area contributed by atoms with E-state index in [4.69, 9.17) is 0 Å². The molecule has 1 unspecified atom stereocenters. The average molecular weight is 652 g/mol. The van der Waals surface area contributed by atoms with Crippen molar-refractivity contribution in [2.24, 2.45) is 0 Å². The molecule has 1 atom stereocenters. The first-order valence-corrected chi connectivity index (χ1v) is 18.0. The van der Waals surface area contributed by atoms with Crippen molar-refractivity contribution in [3.63, 3.8) is 0 Å². The fourth-order valence-electron chi connectivity index (χ4n) is 8.84. The van der Waals surface area contributed by atoms with Crippen molar-refractivity contribution < 1.29 is 0 Å². The molecule has 7 aromatic carbocycles. The van der Waals surface area contributed by atoms with Crippen molar-refractivity contribution in [1.82, 2.24) is 0 Å². The molecule has 0 saturated heterocycles. The highest BCUT2D eigenvalue weighted by Gasteiger charge is 2.31. The Labute approximate surface area is 300 Å². The first-order valence-electron chi connectivity index (χ1n) is 18.0. The highest BCUT2D eigenvalue weighted by atomic mass is 15.2. The van der Waals surface area contributed by atoms with E-state index >= 15 is 0 Å². The summed E-state index contributed by atoms with van der Waals surface area (Å²) < 4.78 is 0. The molecule has 0 heterocycles. The largest absolute Gasteiger partial charge is 0.334 e. The summed E-state index contributed by atoms with van der Waals surface area (Å²) >= 11 is 0. The molecule has 242 valence electrons. The number of hydrogen-bond acceptors (Lipinski definition) is 1. The van der Waals surface area contributed by atoms with Crippen LogP contribution in [-0.4, -0.2) is 6.04 Å². The van der Waals surface area contributed by atoms with Gasteiger partial charge in [-0.1, -0.05) is 140 Å². The molecule has 3 aliphatic carbocycles. The summed E-state index contributed by atoms with van der Waals surface area (Å²) in [6.07, 6.45) is 5.83. The lowest BCUT2D eigenvalue weighted by molar-refractivity contribution is 0.780. The van der Waals surface area contributed by atoms with E-state index in [1.54, 1.807) is 0 Å². The molecule has 0 fully saturated rings. The second-order valence-electron chi connectivity index (χ2n) is 14.1. The van der Waals surface area contributed by atoms with Crippen LogP contribution in [0.2, 0.25) is 0 Å². The summed E-state index contributed by atoms with van der Waals surface area (Å²) in [5.74, 6) is 0. The Bertz CT molecular complexity index is 2540. The molecule has 0 N–H and O–H groups in total. The molecular weight excluding hydrogens is 615 g/mol. The zero-order valence-electron chi connectivity index (χ0n) is 28.9. The van der Waals surface area contributed by atoms with Crippen molar-refractivity contribution in [3.05, 3.63) is 187 Å². The van der Waals surface area contributed by atoms with Gasteiger partial charge in [-0.15, -0.1) is 0 Å². The van der Waals surface area contributed by atoms with Crippen molar-refractivity contribution in [2.45, 2.75) is 26.3 Å². The van der Waals surface area contributed by atoms with Gasteiger partial charge in [-0.25, -0.2) is 0 Å². The number of benzene rings is 7. The van der Waals surface area contributed by atoms with Crippen LogP contribution < -0.4 is 4.90 Å². The minimum atomic E-state index is 0.214. The second kappa shape index (κ2) is 11.7. The van der Waals surface area contributed by atoms with E-state index in [1.807, 2.05) is 0 Å². The summed E-state index contributed by atoms with van der Waals surface area (Å²) in [5.41, 5.74) is 23.4. The normalized spacial score (nSPS) is 14.8. The van der Waals surface area contributed by atoms with E-state index in [-0.39, 0.29) is 6.04 Å². The first kappa shape index (κ1) is 29.7. The molecule has 6 bridgehead atoms. The molecule has 0 radical (unpaired) electrons. The Balaban J connectivity index is 1.05. The molecule has 7 aromatic rings. The molecule has 0 spiro atoms. The Morgan fingerprint density at radius 2 is 0.961 bits per heavy atom. The number of hydrogen-bond donors (Lipinski definition) is 0. The average Bonchev–Trinajstić information content (AvgIpc) is 3.28. The number of fused-ring (bicyclic) bond motifs is 4. The molecule has 51 heavy (non-hydrogen) atoms. The maximum atomic E-state index is 2.50. The molecule has 3 aliphatic rings. The van der Waals surface area contributed by atoms with Gasteiger partial charge in [0, 0.05) is 11.4 Å². The van der Waals surface area contributed by atoms with Crippen molar-refractivity contribution in [3.8, 4) is 66.8 Å². The molecule has 1 nitrogen and oxygen atoms in total. The molecule has 1 heteroatoms. The van der Waals surface area contributed by atoms with Crippen LogP contribution in [0.4, 0.5) is 11.4 Å². The fourth-order valence-corrected chi connectivity index (χ4v) is 8.84. The van der Waals surface area contributed by atoms with E-state index in [9.17, 15) is 0 Å². The van der Waals surface area contributed by atoms with Gasteiger partial charge in [0.25, 0.3) is 0 Å². The van der Waals surface area contributed by atoms with Gasteiger partial charge in [0.1, 0.15) is 0 Å². The third-order valence-corrected chi connectivity index (χ3v) is 11.2. The van der Waals surface area contributed by atoms with Crippen molar-refractivity contribution >= 4 is 16.9 Å². The minimum absolute atomic E-state index is 0.214. The monoisotopic (exact) mass is 651 g/mol. The second-order valence-corrected chi connectivity index (χ2v) is 14.1. The Hall–Kier alpha value is -6.18. The maximum Gasteiger partial charge on any atom is 0.0562 e. The Kier molecular flexibility index (Phi) is 6.82. The summed E-state index contributed by atoms with van der Waals surface area (Å²) in [6.45, 7) is 4.47. The van der Waals surface area contributed by atoms with Gasteiger partial charge in [0.05, 0.1) is 6.04 Å². The molecule has 10 rings (SSSR count). The van der Waals surface area contributed by atoms with E-state index in [1.165, 1.54) is 100 Å². The molecule has 0 saturated carbocycles. The molecule has 0 amide bonds. The lowest BCUT2D eigenvalue weighted by Crippen LogP contribution is -2.30. The minimum Gasteiger partial charge on any atom is -0.334 e. The van der Waals surface area contributed by atoms with Crippen LogP contribution in [0.5, 0.6) is 0 Å². The SMILES string of the molecule is CC1=CC(N(c2ccccc2)c2ccc(-c3ccc4c(c3)-c3c5cccc3-c3cccc-4c3-c3ccccc3-5)cc2)CC=C1c1ccccc1C. The highest BCUT2D eigenvalue weighted by Crippen LogP contribution is 2.57. The molecule has 0 aromatic heterocycles. The number of nitrogens with zero attached hydrogens (tertiary/aromatic N) is 1. The number of aryl methyl sites for hydroxylation is 1. The van der Waals surface area contributed by atoms with Crippen LogP contribution in [0.25, 0.3) is 72.3 Å². The summed E-state index contributed by atoms with van der Waals surface area (Å²) in [4.78, 5) is 2.50. The van der Waals surface area contributed by atoms with E-state index in [0.29, 0.717) is 0 Å². The lowest BCUT2D eigenvalue weighted by Gasteiger charge is -2.34. The summed E-state index contributed by atoms with van der Waals surface area (Å²) in [6, 6.07) is 58.7. The smallest absolute Gasteiger partial charge is 0.0562 e. The van der Waals surface area contributed by atoms with Gasteiger partial charge < -0.3 is 4.90 Å². The topological polar surface area (TPSA) is 3.24 Å². The maximum absolute atomic E-state index is 2.50. The van der Waals surface area contributed by atoms with Crippen LogP contribution in [0.3, 0.4) is 0 Å². The van der Waals surface area contributed by atoms with E-state index < -0.39 is 0 Å². The zero-order chi connectivity index (χ0) is 34.1. The van der Waals surface area contributed by atoms with Crippen LogP contribution in [0, 0.1) is 6.92 Å². The van der Waals surface area contributed by atoms with Gasteiger partial charge >= 0.3 is 0 Å². The zero-order valence-corrected chi connectivity index (χ0v) is 28.9. The number of para-hydroxylation sites is 1. The fraction of sp³-hybridized carbons (Fsp3) is 0.0800. The van der Waals surface area contributed by atoms with Crippen molar-refractivity contribution in [2.75, 3.05) is 4.90 Å². The van der Waals surface area contributed by atoms with E-state index in [0.717, 1.165) is 6.42 Å². The quantitative estimate of drug-likeness (QED) is 0.179. The first-order chi connectivity index (χ1) is 25.1. The standard InChI is InChI=1S/C50H37N/c1-32-12-6-7-15-39(32)40-29-27-38(30-33(40)2)51(36-13-4-3-5-14-36)37-25-22-34(23-26-37)35-24-28-42-45-19-11-20-46-47-21-10-18-44(50(47)48(42)31-35)41-16-8-9-17-43(41)49(45)46/h3-26,28-31,38H,27H2,1-2H3. The number of allylic oxidation sites excluding steroid dienone is 2. The highest BCUT2D eigenvalue weighted by molar-refractivity contribution is 6.15. The van der Waals surface area contributed by atoms with Gasteiger partial charge in [-0.05, 0) is 140 Å². The van der Waals surface area contributed by atoms with Gasteiger partial charge in [0.15, 0.2) is 0 Å². The van der Waals surface area contributed by atoms with Gasteiger partial charge in [-0.3, -0.25) is 0 Å². The molecule has 0 aliphatic heterocycles. The third-order valence-electron chi connectivity index (χ3n) is 11.2. The summed E-state index contributed by atoms with van der Waals surface area (Å²) in [7, 11) is 0. The van der Waals surface area contributed by atoms with Crippen LogP contribution >= 0.6 is 0 Å². The van der Waals surface area contributed by atoms with Crippen LogP contribution in [-0.2, 0) is 0 Å². The Morgan fingerprint density at radius 1 is 0.431 bits per heavy atom. The Morgan fingerprint density at radius 3 is 1.65 bits per heavy atom. The number of rotatable bonds is 5. The van der Waals surface area contributed by atoms with Crippen molar-refractivity contribution in [1.29, 1.82) is 0 Å². The molecular formula is C50H37N. The summed E-state index contributed by atoms with van der Waals surface area (Å²) in [5, 5.41) is 0. The van der Waals surface area contributed by atoms with Crippen LogP contribution in [0.1, 0.15) is 24.5 Å². The lowest BCUT2D eigenvalue weighted by atomic mass is 9.82. The number of anilines is 2. The third kappa shape index (κ3) is 4.69. The predicted molar refractivity (Wildman–Crippen MR) is 216 cm³/mol. The predicted octanol–water partition coefficient (Wildman–Crippen LogP) is 13.6. The van der Waals surface area contributed by atoms with Gasteiger partial charge in [0.2, 0.25) is 0 Å².